The summed E-state index contributed by atoms with van der Waals surface area (Å²) in [5.41, 5.74) is 0. The lowest BCUT2D eigenvalue weighted by Crippen LogP contribution is -2.40. The summed E-state index contributed by atoms with van der Waals surface area (Å²) in [5.74, 6) is 0.676. The van der Waals surface area contributed by atoms with E-state index in [-0.39, 0.29) is 11.9 Å². The van der Waals surface area contributed by atoms with E-state index < -0.39 is 6.10 Å². The highest BCUT2D eigenvalue weighted by atomic mass is 32.1. The van der Waals surface area contributed by atoms with E-state index in [0.717, 1.165) is 42.0 Å². The second-order valence-corrected chi connectivity index (χ2v) is 7.47. The summed E-state index contributed by atoms with van der Waals surface area (Å²) in [7, 11) is 0. The van der Waals surface area contributed by atoms with E-state index in [9.17, 15) is 9.90 Å². The third kappa shape index (κ3) is 3.85. The molecule has 3 heterocycles. The van der Waals surface area contributed by atoms with Gasteiger partial charge in [-0.25, -0.2) is 0 Å². The molecule has 2 aromatic rings. The minimum atomic E-state index is -0.659. The largest absolute Gasteiger partial charge is 0.467 e. The molecular weight excluding hydrogens is 310 g/mol. The van der Waals surface area contributed by atoms with Crippen LogP contribution in [-0.4, -0.2) is 28.5 Å². The smallest absolute Gasteiger partial charge is 0.264 e. The van der Waals surface area contributed by atoms with Crippen LogP contribution >= 0.6 is 11.3 Å². The number of carbonyl (C=O) groups excluding carboxylic acids is 1. The van der Waals surface area contributed by atoms with Crippen molar-refractivity contribution in [3.8, 4) is 0 Å². The van der Waals surface area contributed by atoms with Crippen molar-refractivity contribution in [2.75, 3.05) is 6.54 Å². The Balaban J connectivity index is 1.75. The van der Waals surface area contributed by atoms with Crippen LogP contribution in [0.4, 0.5) is 0 Å². The standard InChI is InChI=1S/C18H23NO3S/c1-13-8-9-17(23-13)18(21)19-10-4-2-3-6-14(19)12-15(20)16-7-5-11-22-16/h5,7-9,11,14-15,20H,2-4,6,10,12H2,1H3. The average molecular weight is 333 g/mol. The van der Waals surface area contributed by atoms with E-state index in [1.54, 1.807) is 29.7 Å². The topological polar surface area (TPSA) is 53.7 Å². The van der Waals surface area contributed by atoms with Crippen LogP contribution < -0.4 is 0 Å². The van der Waals surface area contributed by atoms with Crippen molar-refractivity contribution < 1.29 is 14.3 Å². The zero-order chi connectivity index (χ0) is 16.2. The van der Waals surface area contributed by atoms with E-state index in [1.807, 2.05) is 24.0 Å². The van der Waals surface area contributed by atoms with Gasteiger partial charge in [0.25, 0.3) is 5.91 Å². The van der Waals surface area contributed by atoms with Crippen LogP contribution in [0.3, 0.4) is 0 Å². The maximum absolute atomic E-state index is 12.9. The molecule has 1 fully saturated rings. The molecule has 5 heteroatoms. The maximum atomic E-state index is 12.9. The number of hydrogen-bond acceptors (Lipinski definition) is 4. The van der Waals surface area contributed by atoms with Gasteiger partial charge in [0.05, 0.1) is 11.1 Å². The Morgan fingerprint density at radius 1 is 1.39 bits per heavy atom. The molecule has 3 rings (SSSR count). The Kier molecular flexibility index (Phi) is 5.18. The first-order chi connectivity index (χ1) is 11.1. The van der Waals surface area contributed by atoms with Crippen LogP contribution in [0.5, 0.6) is 0 Å². The molecule has 2 atom stereocenters. The molecule has 124 valence electrons. The van der Waals surface area contributed by atoms with E-state index in [0.29, 0.717) is 12.2 Å². The molecule has 1 aliphatic rings. The first-order valence-corrected chi connectivity index (χ1v) is 9.05. The molecular formula is C18H23NO3S. The van der Waals surface area contributed by atoms with E-state index in [2.05, 4.69) is 0 Å². The molecule has 0 aromatic carbocycles. The fourth-order valence-corrected chi connectivity index (χ4v) is 4.06. The lowest BCUT2D eigenvalue weighted by atomic mass is 10.0. The number of aliphatic hydroxyl groups excluding tert-OH is 1. The lowest BCUT2D eigenvalue weighted by Gasteiger charge is -2.31. The third-order valence-electron chi connectivity index (χ3n) is 4.46. The van der Waals surface area contributed by atoms with Crippen molar-refractivity contribution in [3.05, 3.63) is 46.0 Å². The van der Waals surface area contributed by atoms with Gasteiger partial charge in [-0.15, -0.1) is 11.3 Å². The Bertz CT molecular complexity index is 634. The predicted molar refractivity (Wildman–Crippen MR) is 90.6 cm³/mol. The van der Waals surface area contributed by atoms with Gasteiger partial charge in [-0.3, -0.25) is 4.79 Å². The molecule has 2 aromatic heterocycles. The van der Waals surface area contributed by atoms with Crippen LogP contribution in [0.2, 0.25) is 0 Å². The summed E-state index contributed by atoms with van der Waals surface area (Å²) in [5, 5.41) is 10.4. The first-order valence-electron chi connectivity index (χ1n) is 8.24. The summed E-state index contributed by atoms with van der Waals surface area (Å²) < 4.78 is 5.30. The van der Waals surface area contributed by atoms with Crippen LogP contribution in [-0.2, 0) is 0 Å². The third-order valence-corrected chi connectivity index (χ3v) is 5.44. The number of thiophene rings is 1. The predicted octanol–water partition coefficient (Wildman–Crippen LogP) is 4.16. The zero-order valence-electron chi connectivity index (χ0n) is 13.4. The van der Waals surface area contributed by atoms with Crippen LogP contribution in [0, 0.1) is 6.92 Å². The highest BCUT2D eigenvalue weighted by molar-refractivity contribution is 7.13. The van der Waals surface area contributed by atoms with Gasteiger partial charge in [-0.1, -0.05) is 12.8 Å². The Hall–Kier alpha value is -1.59. The molecule has 0 saturated carbocycles. The second-order valence-electron chi connectivity index (χ2n) is 6.18. The quantitative estimate of drug-likeness (QED) is 0.914. The molecule has 1 aliphatic heterocycles. The van der Waals surface area contributed by atoms with Gasteiger partial charge >= 0.3 is 0 Å². The van der Waals surface area contributed by atoms with Crippen molar-refractivity contribution in [1.29, 1.82) is 0 Å². The fourth-order valence-electron chi connectivity index (χ4n) is 3.24. The van der Waals surface area contributed by atoms with Gasteiger partial charge in [0.2, 0.25) is 0 Å². The van der Waals surface area contributed by atoms with Gasteiger partial charge in [0.1, 0.15) is 11.9 Å². The number of hydrogen-bond donors (Lipinski definition) is 1. The van der Waals surface area contributed by atoms with Crippen molar-refractivity contribution in [3.63, 3.8) is 0 Å². The molecule has 0 spiro atoms. The molecule has 0 aliphatic carbocycles. The normalized spacial score (nSPS) is 20.3. The molecule has 0 bridgehead atoms. The highest BCUT2D eigenvalue weighted by Crippen LogP contribution is 2.29. The maximum Gasteiger partial charge on any atom is 0.264 e. The van der Waals surface area contributed by atoms with Gasteiger partial charge in [-0.05, 0) is 44.0 Å². The van der Waals surface area contributed by atoms with E-state index >= 15 is 0 Å². The monoisotopic (exact) mass is 333 g/mol. The zero-order valence-corrected chi connectivity index (χ0v) is 14.2. The molecule has 1 amide bonds. The number of amides is 1. The SMILES string of the molecule is Cc1ccc(C(=O)N2CCCCCC2CC(O)c2ccco2)s1. The number of aryl methyl sites for hydroxylation is 1. The van der Waals surface area contributed by atoms with Crippen LogP contribution in [0.15, 0.2) is 34.9 Å². The van der Waals surface area contributed by atoms with E-state index in [4.69, 9.17) is 4.42 Å². The lowest BCUT2D eigenvalue weighted by molar-refractivity contribution is 0.0561. The van der Waals surface area contributed by atoms with Gasteiger partial charge in [-0.2, -0.15) is 0 Å². The number of carbonyl (C=O) groups is 1. The molecule has 2 unspecified atom stereocenters. The van der Waals surface area contributed by atoms with Crippen molar-refractivity contribution in [2.45, 2.75) is 51.2 Å². The number of furan rings is 1. The van der Waals surface area contributed by atoms with Gasteiger partial charge in [0, 0.05) is 23.9 Å². The van der Waals surface area contributed by atoms with Gasteiger partial charge < -0.3 is 14.4 Å². The highest BCUT2D eigenvalue weighted by Gasteiger charge is 2.29. The summed E-state index contributed by atoms with van der Waals surface area (Å²) in [6, 6.07) is 7.53. The van der Waals surface area contributed by atoms with Gasteiger partial charge in [0.15, 0.2) is 0 Å². The Labute approximate surface area is 140 Å². The molecule has 4 nitrogen and oxygen atoms in total. The number of likely N-dealkylation sites (tertiary alicyclic amines) is 1. The summed E-state index contributed by atoms with van der Waals surface area (Å²) in [4.78, 5) is 16.8. The average Bonchev–Trinajstić information content (AvgIpc) is 3.16. The van der Waals surface area contributed by atoms with Crippen molar-refractivity contribution >= 4 is 17.2 Å². The van der Waals surface area contributed by atoms with Crippen LogP contribution in [0.1, 0.15) is 58.5 Å². The Morgan fingerprint density at radius 2 is 2.26 bits per heavy atom. The second kappa shape index (κ2) is 7.32. The summed E-state index contributed by atoms with van der Waals surface area (Å²) in [6.07, 6.45) is 5.65. The van der Waals surface area contributed by atoms with Crippen LogP contribution in [0.25, 0.3) is 0 Å². The molecule has 0 radical (unpaired) electrons. The minimum absolute atomic E-state index is 0.0625. The molecule has 1 saturated heterocycles. The minimum Gasteiger partial charge on any atom is -0.467 e. The summed E-state index contributed by atoms with van der Waals surface area (Å²) >= 11 is 1.54. The number of nitrogens with zero attached hydrogens (tertiary/aromatic N) is 1. The molecule has 23 heavy (non-hydrogen) atoms. The fraction of sp³-hybridized carbons (Fsp3) is 0.500. The number of aliphatic hydroxyl groups is 1. The van der Waals surface area contributed by atoms with Crippen molar-refractivity contribution in [1.82, 2.24) is 4.90 Å². The van der Waals surface area contributed by atoms with Crippen molar-refractivity contribution in [2.24, 2.45) is 0 Å². The molecule has 1 N–H and O–H groups in total. The first kappa shape index (κ1) is 16.3. The van der Waals surface area contributed by atoms with E-state index in [1.165, 1.54) is 0 Å². The Morgan fingerprint density at radius 3 is 2.96 bits per heavy atom. The summed E-state index contributed by atoms with van der Waals surface area (Å²) in [6.45, 7) is 2.79. The number of rotatable bonds is 4.